The van der Waals surface area contributed by atoms with Gasteiger partial charge in [-0.1, -0.05) is 0 Å². The molecule has 8 nitrogen and oxygen atoms in total. The van der Waals surface area contributed by atoms with Crippen LogP contribution in [0.4, 0.5) is 0 Å². The fraction of sp³-hybridized carbons (Fsp3) is 0.118. The molecule has 0 bridgehead atoms. The lowest BCUT2D eigenvalue weighted by Gasteiger charge is -2.05. The highest BCUT2D eigenvalue weighted by atomic mass is 16.5. The summed E-state index contributed by atoms with van der Waals surface area (Å²) in [5.74, 6) is 0.223. The van der Waals surface area contributed by atoms with Gasteiger partial charge in [0.1, 0.15) is 17.2 Å². The van der Waals surface area contributed by atoms with E-state index in [0.717, 1.165) is 11.3 Å². The van der Waals surface area contributed by atoms with Crippen LogP contribution in [0.2, 0.25) is 0 Å². The SMILES string of the molecule is COc1ccc(-c2cc(C(=O)NNC(=O)c3ccoc3C)[nH]n2)cc1. The summed E-state index contributed by atoms with van der Waals surface area (Å²) in [6, 6.07) is 10.4. The second-order valence-electron chi connectivity index (χ2n) is 5.19. The van der Waals surface area contributed by atoms with Gasteiger partial charge in [-0.3, -0.25) is 25.5 Å². The van der Waals surface area contributed by atoms with E-state index in [4.69, 9.17) is 9.15 Å². The van der Waals surface area contributed by atoms with Gasteiger partial charge in [-0.05, 0) is 43.3 Å². The minimum atomic E-state index is -0.512. The number of amides is 2. The number of nitrogens with zero attached hydrogens (tertiary/aromatic N) is 1. The largest absolute Gasteiger partial charge is 0.497 e. The first-order chi connectivity index (χ1) is 12.1. The molecule has 128 valence electrons. The highest BCUT2D eigenvalue weighted by Gasteiger charge is 2.15. The van der Waals surface area contributed by atoms with Crippen molar-refractivity contribution in [2.24, 2.45) is 0 Å². The number of benzene rings is 1. The van der Waals surface area contributed by atoms with Crippen molar-refractivity contribution in [1.82, 2.24) is 21.0 Å². The molecule has 8 heteroatoms. The van der Waals surface area contributed by atoms with Gasteiger partial charge in [-0.25, -0.2) is 0 Å². The number of methoxy groups -OCH3 is 1. The monoisotopic (exact) mass is 340 g/mol. The molecule has 0 fully saturated rings. The second kappa shape index (κ2) is 6.91. The summed E-state index contributed by atoms with van der Waals surface area (Å²) in [4.78, 5) is 24.0. The summed E-state index contributed by atoms with van der Waals surface area (Å²) in [6.07, 6.45) is 1.40. The van der Waals surface area contributed by atoms with Crippen molar-refractivity contribution in [2.75, 3.05) is 7.11 Å². The van der Waals surface area contributed by atoms with E-state index < -0.39 is 11.8 Å². The van der Waals surface area contributed by atoms with Gasteiger partial charge < -0.3 is 9.15 Å². The van der Waals surface area contributed by atoms with E-state index in [2.05, 4.69) is 21.0 Å². The topological polar surface area (TPSA) is 109 Å². The Hall–Kier alpha value is -3.55. The number of rotatable bonds is 4. The number of aryl methyl sites for hydroxylation is 1. The van der Waals surface area contributed by atoms with Crippen LogP contribution < -0.4 is 15.6 Å². The number of carbonyl (C=O) groups excluding carboxylic acids is 2. The molecule has 3 rings (SSSR count). The summed E-state index contributed by atoms with van der Waals surface area (Å²) in [7, 11) is 1.59. The highest BCUT2D eigenvalue weighted by molar-refractivity contribution is 5.99. The first-order valence-electron chi connectivity index (χ1n) is 7.43. The Morgan fingerprint density at radius 3 is 2.48 bits per heavy atom. The Bertz CT molecular complexity index is 896. The predicted molar refractivity (Wildman–Crippen MR) is 89.0 cm³/mol. The molecule has 2 amide bonds. The minimum Gasteiger partial charge on any atom is -0.497 e. The van der Waals surface area contributed by atoms with Crippen LogP contribution in [0.3, 0.4) is 0 Å². The lowest BCUT2D eigenvalue weighted by Crippen LogP contribution is -2.41. The van der Waals surface area contributed by atoms with Crippen LogP contribution in [0.15, 0.2) is 47.1 Å². The number of aromatic amines is 1. The van der Waals surface area contributed by atoms with Gasteiger partial charge in [-0.2, -0.15) is 5.10 Å². The van der Waals surface area contributed by atoms with Crippen LogP contribution in [0.5, 0.6) is 5.75 Å². The Kier molecular flexibility index (Phi) is 4.51. The van der Waals surface area contributed by atoms with E-state index in [1.807, 2.05) is 12.1 Å². The summed E-state index contributed by atoms with van der Waals surface area (Å²) in [6.45, 7) is 1.66. The molecule has 0 aliphatic rings. The molecule has 2 heterocycles. The number of nitrogens with one attached hydrogen (secondary N) is 3. The number of ether oxygens (including phenoxy) is 1. The van der Waals surface area contributed by atoms with Crippen LogP contribution in [-0.2, 0) is 0 Å². The predicted octanol–water partition coefficient (Wildman–Crippen LogP) is 2.06. The van der Waals surface area contributed by atoms with Crippen molar-refractivity contribution in [3.05, 3.63) is 59.7 Å². The van der Waals surface area contributed by atoms with Crippen molar-refractivity contribution in [1.29, 1.82) is 0 Å². The Morgan fingerprint density at radius 1 is 1.12 bits per heavy atom. The number of hydrazine groups is 1. The van der Waals surface area contributed by atoms with Gasteiger partial charge in [0.15, 0.2) is 0 Å². The van der Waals surface area contributed by atoms with Crippen molar-refractivity contribution in [3.63, 3.8) is 0 Å². The third kappa shape index (κ3) is 3.52. The van der Waals surface area contributed by atoms with E-state index in [1.54, 1.807) is 32.2 Å². The zero-order valence-electron chi connectivity index (χ0n) is 13.6. The molecule has 0 saturated heterocycles. The average Bonchev–Trinajstić information content (AvgIpc) is 3.28. The van der Waals surface area contributed by atoms with Gasteiger partial charge in [0.25, 0.3) is 11.8 Å². The van der Waals surface area contributed by atoms with Gasteiger partial charge in [0.2, 0.25) is 0 Å². The van der Waals surface area contributed by atoms with E-state index in [0.29, 0.717) is 17.0 Å². The van der Waals surface area contributed by atoms with E-state index in [-0.39, 0.29) is 5.69 Å². The standard InChI is InChI=1S/C17H16N4O4/c1-10-13(7-8-25-10)16(22)20-21-17(23)15-9-14(18-19-15)11-3-5-12(24-2)6-4-11/h3-9H,1-2H3,(H,18,19)(H,20,22)(H,21,23). The number of carbonyl (C=O) groups is 2. The number of hydrogen-bond donors (Lipinski definition) is 3. The minimum absolute atomic E-state index is 0.218. The number of furan rings is 1. The van der Waals surface area contributed by atoms with Crippen LogP contribution in [0.1, 0.15) is 26.6 Å². The summed E-state index contributed by atoms with van der Waals surface area (Å²) >= 11 is 0. The normalized spacial score (nSPS) is 10.3. The molecule has 0 spiro atoms. The average molecular weight is 340 g/mol. The van der Waals surface area contributed by atoms with Crippen molar-refractivity contribution < 1.29 is 18.7 Å². The van der Waals surface area contributed by atoms with Crippen molar-refractivity contribution in [3.8, 4) is 17.0 Å². The summed E-state index contributed by atoms with van der Waals surface area (Å²) in [5, 5.41) is 6.74. The van der Waals surface area contributed by atoms with E-state index >= 15 is 0 Å². The molecule has 0 unspecified atom stereocenters. The molecule has 0 aliphatic heterocycles. The maximum absolute atomic E-state index is 12.1. The smallest absolute Gasteiger partial charge is 0.287 e. The van der Waals surface area contributed by atoms with Gasteiger partial charge >= 0.3 is 0 Å². The third-order valence-electron chi connectivity index (χ3n) is 3.60. The third-order valence-corrected chi connectivity index (χ3v) is 3.60. The molecule has 3 aromatic rings. The van der Waals surface area contributed by atoms with Crippen molar-refractivity contribution >= 4 is 11.8 Å². The zero-order chi connectivity index (χ0) is 17.8. The molecule has 0 saturated carbocycles. The molecule has 2 aromatic heterocycles. The second-order valence-corrected chi connectivity index (χ2v) is 5.19. The van der Waals surface area contributed by atoms with Crippen molar-refractivity contribution in [2.45, 2.75) is 6.92 Å². The molecule has 25 heavy (non-hydrogen) atoms. The van der Waals surface area contributed by atoms with E-state index in [1.165, 1.54) is 12.3 Å². The number of aromatic nitrogens is 2. The van der Waals surface area contributed by atoms with Crippen LogP contribution in [0.25, 0.3) is 11.3 Å². The molecule has 1 aromatic carbocycles. The first kappa shape index (κ1) is 16.3. The van der Waals surface area contributed by atoms with Crippen LogP contribution >= 0.6 is 0 Å². The fourth-order valence-corrected chi connectivity index (χ4v) is 2.22. The summed E-state index contributed by atoms with van der Waals surface area (Å²) < 4.78 is 10.1. The van der Waals surface area contributed by atoms with Gasteiger partial charge in [0.05, 0.1) is 24.6 Å². The van der Waals surface area contributed by atoms with Gasteiger partial charge in [0, 0.05) is 5.56 Å². The quantitative estimate of drug-likeness (QED) is 0.630. The lowest BCUT2D eigenvalue weighted by atomic mass is 10.1. The molecule has 0 radical (unpaired) electrons. The Labute approximate surface area is 143 Å². The maximum Gasteiger partial charge on any atom is 0.287 e. The maximum atomic E-state index is 12.1. The highest BCUT2D eigenvalue weighted by Crippen LogP contribution is 2.21. The lowest BCUT2D eigenvalue weighted by molar-refractivity contribution is 0.0843. The molecular formula is C17H16N4O4. The van der Waals surface area contributed by atoms with Gasteiger partial charge in [-0.15, -0.1) is 0 Å². The molecule has 0 aliphatic carbocycles. The summed E-state index contributed by atoms with van der Waals surface area (Å²) in [5.41, 5.74) is 6.65. The number of H-pyrrole nitrogens is 1. The molecular weight excluding hydrogens is 324 g/mol. The zero-order valence-corrected chi connectivity index (χ0v) is 13.6. The number of hydrogen-bond acceptors (Lipinski definition) is 5. The van der Waals surface area contributed by atoms with Crippen LogP contribution in [0, 0.1) is 6.92 Å². The molecule has 0 atom stereocenters. The molecule has 3 N–H and O–H groups in total. The Balaban J connectivity index is 1.64. The first-order valence-corrected chi connectivity index (χ1v) is 7.43. The van der Waals surface area contributed by atoms with E-state index in [9.17, 15) is 9.59 Å². The fourth-order valence-electron chi connectivity index (χ4n) is 2.22. The van der Waals surface area contributed by atoms with Crippen LogP contribution in [-0.4, -0.2) is 29.1 Å². The Morgan fingerprint density at radius 2 is 1.84 bits per heavy atom.